The Hall–Kier alpha value is -3.11. The monoisotopic (exact) mass is 414 g/mol. The molecule has 1 heterocycles. The van der Waals surface area contributed by atoms with Crippen molar-refractivity contribution in [1.82, 2.24) is 10.2 Å². The van der Waals surface area contributed by atoms with Gasteiger partial charge in [0.1, 0.15) is 5.75 Å². The van der Waals surface area contributed by atoms with Gasteiger partial charge in [-0.1, -0.05) is 66.7 Å². The number of hydrogen-bond donors (Lipinski definition) is 1. The number of hydrogen-bond acceptors (Lipinski definition) is 3. The van der Waals surface area contributed by atoms with E-state index in [-0.39, 0.29) is 11.9 Å². The van der Waals surface area contributed by atoms with Gasteiger partial charge in [0, 0.05) is 19.6 Å². The van der Waals surface area contributed by atoms with Crippen molar-refractivity contribution in [2.45, 2.75) is 39.0 Å². The van der Waals surface area contributed by atoms with Crippen LogP contribution in [0.3, 0.4) is 0 Å². The molecular formula is C27H30N2O2. The molecule has 31 heavy (non-hydrogen) atoms. The number of carbonyl (C=O) groups is 1. The second-order valence-electron chi connectivity index (χ2n) is 8.03. The molecule has 0 unspecified atom stereocenters. The first-order valence-corrected chi connectivity index (χ1v) is 11.1. The SMILES string of the molecule is CCNC(=O)[C@@H](C)Oc1ccc2c(c1)[C@H](c1ccccc1)N(Cc1ccccc1)CC2. The summed E-state index contributed by atoms with van der Waals surface area (Å²) in [6, 6.07) is 27.7. The molecule has 0 fully saturated rings. The fourth-order valence-electron chi connectivity index (χ4n) is 4.31. The summed E-state index contributed by atoms with van der Waals surface area (Å²) in [5, 5.41) is 2.82. The van der Waals surface area contributed by atoms with Gasteiger partial charge in [-0.25, -0.2) is 0 Å². The maximum atomic E-state index is 12.1. The van der Waals surface area contributed by atoms with E-state index in [2.05, 4.69) is 83.0 Å². The fourth-order valence-corrected chi connectivity index (χ4v) is 4.31. The van der Waals surface area contributed by atoms with E-state index in [0.29, 0.717) is 6.54 Å². The van der Waals surface area contributed by atoms with E-state index in [4.69, 9.17) is 4.74 Å². The summed E-state index contributed by atoms with van der Waals surface area (Å²) in [4.78, 5) is 14.7. The fraction of sp³-hybridized carbons (Fsp3) is 0.296. The molecule has 4 heteroatoms. The average molecular weight is 415 g/mol. The summed E-state index contributed by atoms with van der Waals surface area (Å²) in [5.41, 5.74) is 5.18. The van der Waals surface area contributed by atoms with Crippen LogP contribution in [0.1, 0.15) is 42.1 Å². The largest absolute Gasteiger partial charge is 0.481 e. The zero-order chi connectivity index (χ0) is 21.6. The molecule has 2 atom stereocenters. The molecule has 1 N–H and O–H groups in total. The van der Waals surface area contributed by atoms with E-state index in [1.54, 1.807) is 6.92 Å². The van der Waals surface area contributed by atoms with Crippen LogP contribution in [0.4, 0.5) is 0 Å². The second kappa shape index (κ2) is 9.80. The van der Waals surface area contributed by atoms with Gasteiger partial charge in [-0.2, -0.15) is 0 Å². The van der Waals surface area contributed by atoms with Crippen molar-refractivity contribution >= 4 is 5.91 Å². The second-order valence-corrected chi connectivity index (χ2v) is 8.03. The van der Waals surface area contributed by atoms with E-state index in [9.17, 15) is 4.79 Å². The number of benzene rings is 3. The number of ether oxygens (including phenoxy) is 1. The summed E-state index contributed by atoms with van der Waals surface area (Å²) < 4.78 is 6.00. The molecule has 0 saturated carbocycles. The van der Waals surface area contributed by atoms with Gasteiger partial charge < -0.3 is 10.1 Å². The molecule has 1 aliphatic heterocycles. The van der Waals surface area contributed by atoms with Crippen LogP contribution in [-0.4, -0.2) is 30.0 Å². The summed E-state index contributed by atoms with van der Waals surface area (Å²) in [5.74, 6) is 0.644. The Balaban J connectivity index is 1.66. The van der Waals surface area contributed by atoms with Gasteiger partial charge in [-0.15, -0.1) is 0 Å². The Morgan fingerprint density at radius 2 is 1.77 bits per heavy atom. The van der Waals surface area contributed by atoms with E-state index in [1.807, 2.05) is 13.0 Å². The van der Waals surface area contributed by atoms with Crippen LogP contribution in [0.2, 0.25) is 0 Å². The Morgan fingerprint density at radius 3 is 2.48 bits per heavy atom. The van der Waals surface area contributed by atoms with Gasteiger partial charge in [0.25, 0.3) is 5.91 Å². The average Bonchev–Trinajstić information content (AvgIpc) is 2.80. The number of nitrogens with zero attached hydrogens (tertiary/aromatic N) is 1. The molecule has 3 aromatic carbocycles. The smallest absolute Gasteiger partial charge is 0.260 e. The van der Waals surface area contributed by atoms with Crippen molar-refractivity contribution < 1.29 is 9.53 Å². The Morgan fingerprint density at radius 1 is 1.06 bits per heavy atom. The predicted octanol–water partition coefficient (Wildman–Crippen LogP) is 4.74. The minimum Gasteiger partial charge on any atom is -0.481 e. The molecule has 4 nitrogen and oxygen atoms in total. The first kappa shape index (κ1) is 21.1. The molecule has 0 radical (unpaired) electrons. The van der Waals surface area contributed by atoms with E-state index in [1.165, 1.54) is 22.3 Å². The van der Waals surface area contributed by atoms with Gasteiger partial charge >= 0.3 is 0 Å². The maximum absolute atomic E-state index is 12.1. The molecule has 0 spiro atoms. The van der Waals surface area contributed by atoms with Crippen LogP contribution in [-0.2, 0) is 17.8 Å². The minimum atomic E-state index is -0.530. The topological polar surface area (TPSA) is 41.6 Å². The van der Waals surface area contributed by atoms with Crippen molar-refractivity contribution in [2.24, 2.45) is 0 Å². The summed E-state index contributed by atoms with van der Waals surface area (Å²) in [6.45, 7) is 6.19. The van der Waals surface area contributed by atoms with Gasteiger partial charge in [0.05, 0.1) is 6.04 Å². The van der Waals surface area contributed by atoms with Crippen molar-refractivity contribution in [3.63, 3.8) is 0 Å². The summed E-state index contributed by atoms with van der Waals surface area (Å²) >= 11 is 0. The maximum Gasteiger partial charge on any atom is 0.260 e. The zero-order valence-electron chi connectivity index (χ0n) is 18.3. The Labute approximate surface area is 184 Å². The Bertz CT molecular complexity index is 1000. The molecule has 160 valence electrons. The van der Waals surface area contributed by atoms with Crippen LogP contribution in [0.25, 0.3) is 0 Å². The van der Waals surface area contributed by atoms with Crippen molar-refractivity contribution in [1.29, 1.82) is 0 Å². The van der Waals surface area contributed by atoms with Crippen LogP contribution in [0, 0.1) is 0 Å². The standard InChI is InChI=1S/C27H30N2O2/c1-3-28-27(30)20(2)31-24-15-14-22-16-17-29(19-21-10-6-4-7-11-21)26(25(22)18-24)23-12-8-5-9-13-23/h4-15,18,20,26H,3,16-17,19H2,1-2H3,(H,28,30)/t20-,26+/m1/s1. The molecule has 0 saturated heterocycles. The molecule has 1 aliphatic rings. The van der Waals surface area contributed by atoms with E-state index >= 15 is 0 Å². The molecule has 0 bridgehead atoms. The lowest BCUT2D eigenvalue weighted by molar-refractivity contribution is -0.127. The van der Waals surface area contributed by atoms with Crippen LogP contribution in [0.15, 0.2) is 78.9 Å². The lowest BCUT2D eigenvalue weighted by Crippen LogP contribution is -2.37. The summed E-state index contributed by atoms with van der Waals surface area (Å²) in [6.07, 6.45) is 0.467. The van der Waals surface area contributed by atoms with Gasteiger partial charge in [-0.05, 0) is 54.7 Å². The number of fused-ring (bicyclic) bond motifs is 1. The molecular weight excluding hydrogens is 384 g/mol. The highest BCUT2D eigenvalue weighted by atomic mass is 16.5. The molecule has 0 aliphatic carbocycles. The van der Waals surface area contributed by atoms with Crippen molar-refractivity contribution in [3.8, 4) is 5.75 Å². The number of carbonyl (C=O) groups excluding carboxylic acids is 1. The molecule has 4 rings (SSSR count). The number of likely N-dealkylation sites (N-methyl/N-ethyl adjacent to an activating group) is 1. The third-order valence-corrected chi connectivity index (χ3v) is 5.82. The highest BCUT2D eigenvalue weighted by Crippen LogP contribution is 2.38. The lowest BCUT2D eigenvalue weighted by atomic mass is 9.87. The highest BCUT2D eigenvalue weighted by molar-refractivity contribution is 5.80. The normalized spacial score (nSPS) is 16.9. The first-order chi connectivity index (χ1) is 15.2. The predicted molar refractivity (Wildman–Crippen MR) is 124 cm³/mol. The molecule has 1 amide bonds. The third-order valence-electron chi connectivity index (χ3n) is 5.82. The number of rotatable bonds is 7. The minimum absolute atomic E-state index is 0.0921. The van der Waals surface area contributed by atoms with Crippen LogP contribution in [0.5, 0.6) is 5.75 Å². The Kier molecular flexibility index (Phi) is 6.68. The third kappa shape index (κ3) is 4.97. The summed E-state index contributed by atoms with van der Waals surface area (Å²) in [7, 11) is 0. The first-order valence-electron chi connectivity index (χ1n) is 11.1. The zero-order valence-corrected chi connectivity index (χ0v) is 18.3. The molecule has 0 aromatic heterocycles. The number of amides is 1. The van der Waals surface area contributed by atoms with Crippen molar-refractivity contribution in [2.75, 3.05) is 13.1 Å². The van der Waals surface area contributed by atoms with Gasteiger partial charge in [-0.3, -0.25) is 9.69 Å². The van der Waals surface area contributed by atoms with Gasteiger partial charge in [0.15, 0.2) is 6.10 Å². The van der Waals surface area contributed by atoms with Crippen LogP contribution >= 0.6 is 0 Å². The van der Waals surface area contributed by atoms with Crippen LogP contribution < -0.4 is 10.1 Å². The van der Waals surface area contributed by atoms with Gasteiger partial charge in [0.2, 0.25) is 0 Å². The highest BCUT2D eigenvalue weighted by Gasteiger charge is 2.29. The van der Waals surface area contributed by atoms with E-state index < -0.39 is 6.10 Å². The van der Waals surface area contributed by atoms with Crippen molar-refractivity contribution in [3.05, 3.63) is 101 Å². The quantitative estimate of drug-likeness (QED) is 0.607. The lowest BCUT2D eigenvalue weighted by Gasteiger charge is -2.38. The number of nitrogens with one attached hydrogen (secondary N) is 1. The molecule has 3 aromatic rings. The van der Waals surface area contributed by atoms with E-state index in [0.717, 1.165) is 25.3 Å².